The quantitative estimate of drug-likeness (QED) is 0.493. The summed E-state index contributed by atoms with van der Waals surface area (Å²) in [5, 5.41) is 0. The molecule has 2 heterocycles. The van der Waals surface area contributed by atoms with Crippen molar-refractivity contribution < 1.29 is 22.3 Å². The van der Waals surface area contributed by atoms with Crippen molar-refractivity contribution in [2.24, 2.45) is 0 Å². The lowest BCUT2D eigenvalue weighted by molar-refractivity contribution is -0.142. The summed E-state index contributed by atoms with van der Waals surface area (Å²) in [6.45, 7) is 0. The lowest BCUT2D eigenvalue weighted by Crippen LogP contribution is -2.14. The zero-order valence-corrected chi connectivity index (χ0v) is 11.7. The van der Waals surface area contributed by atoms with Crippen LogP contribution in [0, 0.1) is 5.95 Å². The van der Waals surface area contributed by atoms with Crippen LogP contribution in [0.4, 0.5) is 17.6 Å². The molecule has 112 valence electrons. The predicted octanol–water partition coefficient (Wildman–Crippen LogP) is 3.43. The van der Waals surface area contributed by atoms with E-state index in [2.05, 4.69) is 19.7 Å². The van der Waals surface area contributed by atoms with Crippen molar-refractivity contribution in [3.63, 3.8) is 0 Å². The average Bonchev–Trinajstić information content (AvgIpc) is 2.45. The number of ether oxygens (including phenoxy) is 1. The molecule has 2 aromatic rings. The van der Waals surface area contributed by atoms with Gasteiger partial charge in [0.1, 0.15) is 5.69 Å². The number of rotatable bonds is 3. The molecule has 0 aliphatic heterocycles. The first-order valence-electron chi connectivity index (χ1n) is 5.56. The van der Waals surface area contributed by atoms with Gasteiger partial charge in [0.05, 0.1) is 7.11 Å². The molecule has 0 saturated carbocycles. The van der Waals surface area contributed by atoms with E-state index in [0.717, 1.165) is 12.0 Å². The van der Waals surface area contributed by atoms with Crippen molar-refractivity contribution in [3.05, 3.63) is 29.8 Å². The van der Waals surface area contributed by atoms with Gasteiger partial charge in [-0.3, -0.25) is 4.98 Å². The normalized spacial score (nSPS) is 11.5. The van der Waals surface area contributed by atoms with Crippen molar-refractivity contribution >= 4 is 11.8 Å². The average molecular weight is 319 g/mol. The van der Waals surface area contributed by atoms with Crippen LogP contribution in [0.3, 0.4) is 0 Å². The van der Waals surface area contributed by atoms with Gasteiger partial charge in [-0.2, -0.15) is 27.5 Å². The maximum Gasteiger partial charge on any atom is 0.426 e. The summed E-state index contributed by atoms with van der Waals surface area (Å²) >= 11 is 1.40. The Hall–Kier alpha value is -1.90. The number of nitrogens with zero attached hydrogens (tertiary/aromatic N) is 3. The fourth-order valence-electron chi connectivity index (χ4n) is 1.58. The first kappa shape index (κ1) is 15.5. The lowest BCUT2D eigenvalue weighted by Gasteiger charge is -2.12. The maximum atomic E-state index is 13.7. The number of hydrogen-bond acceptors (Lipinski definition) is 5. The van der Waals surface area contributed by atoms with Crippen molar-refractivity contribution in [2.75, 3.05) is 13.4 Å². The van der Waals surface area contributed by atoms with Crippen LogP contribution in [-0.4, -0.2) is 28.3 Å². The molecule has 0 spiro atoms. The van der Waals surface area contributed by atoms with Crippen LogP contribution in [0.15, 0.2) is 23.2 Å². The highest BCUT2D eigenvalue weighted by Crippen LogP contribution is 2.37. The maximum absolute atomic E-state index is 13.7. The van der Waals surface area contributed by atoms with Crippen LogP contribution in [0.25, 0.3) is 11.5 Å². The molecule has 0 aliphatic rings. The summed E-state index contributed by atoms with van der Waals surface area (Å²) < 4.78 is 56.4. The van der Waals surface area contributed by atoms with E-state index >= 15 is 0 Å². The Morgan fingerprint density at radius 3 is 2.52 bits per heavy atom. The van der Waals surface area contributed by atoms with E-state index in [0.29, 0.717) is 0 Å². The van der Waals surface area contributed by atoms with E-state index in [1.165, 1.54) is 18.0 Å². The molecule has 0 fully saturated rings. The Balaban J connectivity index is 2.59. The molecule has 0 radical (unpaired) electrons. The van der Waals surface area contributed by atoms with Crippen LogP contribution in [-0.2, 0) is 6.18 Å². The fourth-order valence-corrected chi connectivity index (χ4v) is 2.00. The standard InChI is InChI=1S/C12H9F4N3OS/c1-20-11-8(12(14,15)16)9(13)18-10(19-11)7-5-6(21-2)3-4-17-7/h3-5H,1-2H3. The van der Waals surface area contributed by atoms with Crippen LogP contribution in [0.5, 0.6) is 5.88 Å². The molecule has 0 bridgehead atoms. The molecule has 4 nitrogen and oxygen atoms in total. The molecule has 21 heavy (non-hydrogen) atoms. The molecule has 0 unspecified atom stereocenters. The van der Waals surface area contributed by atoms with Gasteiger partial charge in [-0.15, -0.1) is 11.8 Å². The zero-order chi connectivity index (χ0) is 15.6. The predicted molar refractivity (Wildman–Crippen MR) is 68.6 cm³/mol. The van der Waals surface area contributed by atoms with Gasteiger partial charge in [0.2, 0.25) is 11.8 Å². The van der Waals surface area contributed by atoms with Gasteiger partial charge in [-0.1, -0.05) is 0 Å². The van der Waals surface area contributed by atoms with Crippen molar-refractivity contribution in [1.82, 2.24) is 15.0 Å². The third-order valence-electron chi connectivity index (χ3n) is 2.50. The first-order chi connectivity index (χ1) is 9.86. The van der Waals surface area contributed by atoms with Crippen molar-refractivity contribution in [1.29, 1.82) is 0 Å². The Bertz CT molecular complexity index is 663. The number of aromatic nitrogens is 3. The molecular formula is C12H9F4N3OS. The second-order valence-corrected chi connectivity index (χ2v) is 4.68. The van der Waals surface area contributed by atoms with Gasteiger partial charge >= 0.3 is 6.18 Å². The highest BCUT2D eigenvalue weighted by Gasteiger charge is 2.40. The number of methoxy groups -OCH3 is 1. The fraction of sp³-hybridized carbons (Fsp3) is 0.250. The minimum absolute atomic E-state index is 0.160. The van der Waals surface area contributed by atoms with Crippen LogP contribution >= 0.6 is 11.8 Å². The summed E-state index contributed by atoms with van der Waals surface area (Å²) in [5.41, 5.74) is -1.47. The van der Waals surface area contributed by atoms with Gasteiger partial charge in [0.25, 0.3) is 0 Å². The summed E-state index contributed by atoms with van der Waals surface area (Å²) in [6, 6.07) is 3.25. The van der Waals surface area contributed by atoms with Gasteiger partial charge in [-0.05, 0) is 18.4 Å². The summed E-state index contributed by atoms with van der Waals surface area (Å²) in [4.78, 5) is 11.6. The topological polar surface area (TPSA) is 47.9 Å². The molecule has 0 aromatic carbocycles. The summed E-state index contributed by atoms with van der Waals surface area (Å²) in [5.74, 6) is -2.84. The Morgan fingerprint density at radius 1 is 1.24 bits per heavy atom. The van der Waals surface area contributed by atoms with Crippen LogP contribution in [0.2, 0.25) is 0 Å². The van der Waals surface area contributed by atoms with E-state index in [1.807, 2.05) is 6.26 Å². The highest BCUT2D eigenvalue weighted by atomic mass is 32.2. The third-order valence-corrected chi connectivity index (χ3v) is 3.23. The molecule has 0 saturated heterocycles. The first-order valence-corrected chi connectivity index (χ1v) is 6.78. The van der Waals surface area contributed by atoms with E-state index in [1.54, 1.807) is 12.1 Å². The molecular weight excluding hydrogens is 310 g/mol. The van der Waals surface area contributed by atoms with Crippen molar-refractivity contribution in [2.45, 2.75) is 11.1 Å². The lowest BCUT2D eigenvalue weighted by atomic mass is 10.2. The number of halogens is 4. The van der Waals surface area contributed by atoms with Gasteiger partial charge in [0, 0.05) is 11.1 Å². The highest BCUT2D eigenvalue weighted by molar-refractivity contribution is 7.98. The Morgan fingerprint density at radius 2 is 1.95 bits per heavy atom. The van der Waals surface area contributed by atoms with Crippen LogP contribution < -0.4 is 4.74 Å². The molecule has 0 atom stereocenters. The van der Waals surface area contributed by atoms with Crippen molar-refractivity contribution in [3.8, 4) is 17.4 Å². The number of hydrogen-bond donors (Lipinski definition) is 0. The zero-order valence-electron chi connectivity index (χ0n) is 10.9. The van der Waals surface area contributed by atoms with Gasteiger partial charge < -0.3 is 4.74 Å². The Labute approximate surface area is 121 Å². The smallest absolute Gasteiger partial charge is 0.426 e. The SMILES string of the molecule is COc1nc(-c2cc(SC)ccn2)nc(F)c1C(F)(F)F. The third kappa shape index (κ3) is 3.23. The van der Waals surface area contributed by atoms with Crippen LogP contribution in [0.1, 0.15) is 5.56 Å². The largest absolute Gasteiger partial charge is 0.480 e. The molecule has 0 aliphatic carbocycles. The molecule has 2 rings (SSSR count). The van der Waals surface area contributed by atoms with Gasteiger partial charge in [-0.25, -0.2) is 0 Å². The van der Waals surface area contributed by atoms with Gasteiger partial charge in [0.15, 0.2) is 11.4 Å². The summed E-state index contributed by atoms with van der Waals surface area (Å²) in [6.07, 6.45) is -1.69. The molecule has 2 aromatic heterocycles. The van der Waals surface area contributed by atoms with E-state index in [-0.39, 0.29) is 11.5 Å². The number of alkyl halides is 3. The second kappa shape index (κ2) is 5.84. The molecule has 0 amide bonds. The number of thioether (sulfide) groups is 1. The number of pyridine rings is 1. The Kier molecular flexibility index (Phi) is 4.31. The second-order valence-electron chi connectivity index (χ2n) is 3.80. The summed E-state index contributed by atoms with van der Waals surface area (Å²) in [7, 11) is 0.979. The molecule has 9 heteroatoms. The van der Waals surface area contributed by atoms with E-state index < -0.39 is 23.6 Å². The molecule has 0 N–H and O–H groups in total. The minimum Gasteiger partial charge on any atom is -0.480 e. The van der Waals surface area contributed by atoms with E-state index in [9.17, 15) is 17.6 Å². The minimum atomic E-state index is -4.94. The van der Waals surface area contributed by atoms with E-state index in [4.69, 9.17) is 0 Å². The monoisotopic (exact) mass is 319 g/mol.